The van der Waals surface area contributed by atoms with E-state index in [4.69, 9.17) is 9.47 Å². The van der Waals surface area contributed by atoms with Crippen LogP contribution in [0.15, 0.2) is 30.3 Å². The Morgan fingerprint density at radius 2 is 2.00 bits per heavy atom. The van der Waals surface area contributed by atoms with Gasteiger partial charge >= 0.3 is 5.97 Å². The van der Waals surface area contributed by atoms with E-state index in [9.17, 15) is 4.79 Å². The maximum atomic E-state index is 11.2. The van der Waals surface area contributed by atoms with E-state index in [1.54, 1.807) is 0 Å². The van der Waals surface area contributed by atoms with Crippen LogP contribution in [0.25, 0.3) is 0 Å². The van der Waals surface area contributed by atoms with E-state index in [1.165, 1.54) is 0 Å². The molecule has 0 amide bonds. The van der Waals surface area contributed by atoms with Crippen LogP contribution in [-0.4, -0.2) is 19.2 Å². The number of rotatable bonds is 5. The van der Waals surface area contributed by atoms with Crippen molar-refractivity contribution in [2.24, 2.45) is 0 Å². The summed E-state index contributed by atoms with van der Waals surface area (Å²) < 4.78 is 10.1. The summed E-state index contributed by atoms with van der Waals surface area (Å²) in [5, 5.41) is 0. The van der Waals surface area contributed by atoms with Gasteiger partial charge in [-0.1, -0.05) is 30.3 Å². The summed E-state index contributed by atoms with van der Waals surface area (Å²) in [7, 11) is 0. The summed E-state index contributed by atoms with van der Waals surface area (Å²) in [5.74, 6) is -0.326. The Morgan fingerprint density at radius 1 is 1.33 bits per heavy atom. The minimum absolute atomic E-state index is 0.0215. The molecule has 0 N–H and O–H groups in total. The molecule has 0 saturated carbocycles. The smallest absolute Gasteiger partial charge is 0.332 e. The molecule has 0 aliphatic carbocycles. The predicted molar refractivity (Wildman–Crippen MR) is 57.4 cm³/mol. The van der Waals surface area contributed by atoms with Crippen molar-refractivity contribution in [1.82, 2.24) is 0 Å². The molecule has 0 spiro atoms. The molecule has 0 saturated heterocycles. The molecule has 1 aromatic rings. The Bertz CT molecular complexity index is 295. The van der Waals surface area contributed by atoms with Gasteiger partial charge in [-0.05, 0) is 19.4 Å². The normalized spacial score (nSPS) is 12.1. The van der Waals surface area contributed by atoms with Gasteiger partial charge in [0.05, 0.1) is 0 Å². The zero-order chi connectivity index (χ0) is 11.1. The monoisotopic (exact) mass is 208 g/mol. The summed E-state index contributed by atoms with van der Waals surface area (Å²) in [6.07, 6.45) is -0.223. The van der Waals surface area contributed by atoms with Crippen LogP contribution < -0.4 is 0 Å². The van der Waals surface area contributed by atoms with Gasteiger partial charge in [0.2, 0.25) is 0 Å². The third-order valence-electron chi connectivity index (χ3n) is 2.00. The Kier molecular flexibility index (Phi) is 4.84. The predicted octanol–water partition coefficient (Wildman–Crippen LogP) is 2.33. The van der Waals surface area contributed by atoms with Crippen molar-refractivity contribution in [2.75, 3.05) is 13.2 Å². The quantitative estimate of drug-likeness (QED) is 0.697. The van der Waals surface area contributed by atoms with Crippen molar-refractivity contribution in [2.45, 2.75) is 20.0 Å². The molecule has 3 nitrogen and oxygen atoms in total. The second-order valence-electron chi connectivity index (χ2n) is 3.18. The molecule has 0 aromatic heterocycles. The van der Waals surface area contributed by atoms with Gasteiger partial charge in [-0.2, -0.15) is 0 Å². The Morgan fingerprint density at radius 3 is 2.60 bits per heavy atom. The first-order valence-electron chi connectivity index (χ1n) is 5.06. The second kappa shape index (κ2) is 6.19. The standard InChI is InChI=1S/C12H16O3/c1-3-14-9-12(13)15-10(2)11-7-5-4-6-8-11/h4-8,10H,3,9H2,1-2H3. The van der Waals surface area contributed by atoms with Crippen molar-refractivity contribution < 1.29 is 14.3 Å². The number of carbonyl (C=O) groups is 1. The average Bonchev–Trinajstić information content (AvgIpc) is 2.27. The van der Waals surface area contributed by atoms with E-state index in [1.807, 2.05) is 44.2 Å². The topological polar surface area (TPSA) is 35.5 Å². The summed E-state index contributed by atoms with van der Waals surface area (Å²) in [6, 6.07) is 9.62. The molecule has 1 unspecified atom stereocenters. The Hall–Kier alpha value is -1.35. The molecule has 0 fully saturated rings. The first-order chi connectivity index (χ1) is 7.24. The van der Waals surface area contributed by atoms with Crippen molar-refractivity contribution in [3.8, 4) is 0 Å². The highest BCUT2D eigenvalue weighted by molar-refractivity contribution is 5.71. The van der Waals surface area contributed by atoms with Crippen LogP contribution in [0.5, 0.6) is 0 Å². The molecule has 82 valence electrons. The van der Waals surface area contributed by atoms with Crippen LogP contribution in [0.1, 0.15) is 25.5 Å². The lowest BCUT2D eigenvalue weighted by molar-refractivity contribution is -0.153. The van der Waals surface area contributed by atoms with Crippen molar-refractivity contribution in [3.05, 3.63) is 35.9 Å². The molecule has 0 aliphatic heterocycles. The lowest BCUT2D eigenvalue weighted by Gasteiger charge is -2.13. The summed E-state index contributed by atoms with van der Waals surface area (Å²) in [6.45, 7) is 4.23. The Balaban J connectivity index is 2.42. The zero-order valence-corrected chi connectivity index (χ0v) is 9.10. The number of hydrogen-bond acceptors (Lipinski definition) is 3. The number of carbonyl (C=O) groups excluding carboxylic acids is 1. The maximum absolute atomic E-state index is 11.2. The molecule has 0 radical (unpaired) electrons. The first-order valence-corrected chi connectivity index (χ1v) is 5.06. The van der Waals surface area contributed by atoms with Crippen molar-refractivity contribution >= 4 is 5.97 Å². The van der Waals surface area contributed by atoms with Crippen LogP contribution in [0.4, 0.5) is 0 Å². The summed E-state index contributed by atoms with van der Waals surface area (Å²) >= 11 is 0. The second-order valence-corrected chi connectivity index (χ2v) is 3.18. The van der Waals surface area contributed by atoms with Crippen LogP contribution in [0, 0.1) is 0 Å². The summed E-state index contributed by atoms with van der Waals surface area (Å²) in [4.78, 5) is 11.2. The molecule has 15 heavy (non-hydrogen) atoms. The van der Waals surface area contributed by atoms with E-state index in [0.717, 1.165) is 5.56 Å². The van der Waals surface area contributed by atoms with Crippen LogP contribution in [-0.2, 0) is 14.3 Å². The molecule has 1 rings (SSSR count). The van der Waals surface area contributed by atoms with Gasteiger partial charge < -0.3 is 9.47 Å². The van der Waals surface area contributed by atoms with E-state index in [0.29, 0.717) is 6.61 Å². The zero-order valence-electron chi connectivity index (χ0n) is 9.10. The molecule has 1 aromatic carbocycles. The third kappa shape index (κ3) is 4.13. The minimum atomic E-state index is -0.326. The molecular weight excluding hydrogens is 192 g/mol. The molecule has 0 aliphatic rings. The lowest BCUT2D eigenvalue weighted by atomic mass is 10.1. The highest BCUT2D eigenvalue weighted by Crippen LogP contribution is 2.15. The Labute approximate surface area is 90.0 Å². The van der Waals surface area contributed by atoms with Crippen LogP contribution in [0.2, 0.25) is 0 Å². The fourth-order valence-corrected chi connectivity index (χ4v) is 1.21. The number of esters is 1. The van der Waals surface area contributed by atoms with Gasteiger partial charge in [-0.25, -0.2) is 4.79 Å². The van der Waals surface area contributed by atoms with Gasteiger partial charge in [0, 0.05) is 6.61 Å². The molecule has 1 atom stereocenters. The van der Waals surface area contributed by atoms with Gasteiger partial charge in [0.25, 0.3) is 0 Å². The number of benzene rings is 1. The number of hydrogen-bond donors (Lipinski definition) is 0. The van der Waals surface area contributed by atoms with Crippen molar-refractivity contribution in [3.63, 3.8) is 0 Å². The molecule has 0 bridgehead atoms. The average molecular weight is 208 g/mol. The van der Waals surface area contributed by atoms with Gasteiger partial charge in [0.15, 0.2) is 0 Å². The third-order valence-corrected chi connectivity index (χ3v) is 2.00. The van der Waals surface area contributed by atoms with Crippen LogP contribution in [0.3, 0.4) is 0 Å². The molecular formula is C12H16O3. The van der Waals surface area contributed by atoms with E-state index in [2.05, 4.69) is 0 Å². The summed E-state index contributed by atoms with van der Waals surface area (Å²) in [5.41, 5.74) is 0.988. The largest absolute Gasteiger partial charge is 0.456 e. The molecule has 3 heteroatoms. The van der Waals surface area contributed by atoms with Gasteiger partial charge in [-0.15, -0.1) is 0 Å². The maximum Gasteiger partial charge on any atom is 0.332 e. The van der Waals surface area contributed by atoms with Gasteiger partial charge in [-0.3, -0.25) is 0 Å². The fraction of sp³-hybridized carbons (Fsp3) is 0.417. The van der Waals surface area contributed by atoms with Crippen molar-refractivity contribution in [1.29, 1.82) is 0 Å². The molecule has 0 heterocycles. The highest BCUT2D eigenvalue weighted by atomic mass is 16.6. The first kappa shape index (κ1) is 11.7. The van der Waals surface area contributed by atoms with E-state index < -0.39 is 0 Å². The van der Waals surface area contributed by atoms with Crippen LogP contribution >= 0.6 is 0 Å². The SMILES string of the molecule is CCOCC(=O)OC(C)c1ccccc1. The van der Waals surface area contributed by atoms with Gasteiger partial charge in [0.1, 0.15) is 12.7 Å². The highest BCUT2D eigenvalue weighted by Gasteiger charge is 2.10. The fourth-order valence-electron chi connectivity index (χ4n) is 1.21. The van der Waals surface area contributed by atoms with E-state index in [-0.39, 0.29) is 18.7 Å². The lowest BCUT2D eigenvalue weighted by Crippen LogP contribution is -2.14. The van der Waals surface area contributed by atoms with E-state index >= 15 is 0 Å². The number of ether oxygens (including phenoxy) is 2. The minimum Gasteiger partial charge on any atom is -0.456 e.